The molecule has 0 saturated heterocycles. The topological polar surface area (TPSA) is 37.3 Å². The van der Waals surface area contributed by atoms with Gasteiger partial charge in [-0.25, -0.2) is 4.98 Å². The van der Waals surface area contributed by atoms with Gasteiger partial charge >= 0.3 is 0 Å². The molecule has 0 atom stereocenters. The highest BCUT2D eigenvalue weighted by molar-refractivity contribution is 8.03. The smallest absolute Gasteiger partial charge is 0.130 e. The third kappa shape index (κ3) is 6.40. The maximum absolute atomic E-state index is 4.42. The highest BCUT2D eigenvalue weighted by Gasteiger charge is 2.07. The van der Waals surface area contributed by atoms with Crippen molar-refractivity contribution in [3.8, 4) is 0 Å². The number of unbranched alkanes of at least 4 members (excludes halogenated alkanes) is 1. The number of rotatable bonds is 9. The van der Waals surface area contributed by atoms with E-state index >= 15 is 0 Å². The molecule has 2 aromatic rings. The summed E-state index contributed by atoms with van der Waals surface area (Å²) in [4.78, 5) is 9.74. The number of anilines is 1. The van der Waals surface area contributed by atoms with Crippen molar-refractivity contribution in [1.82, 2.24) is 4.98 Å². The van der Waals surface area contributed by atoms with Crippen molar-refractivity contribution in [3.05, 3.63) is 70.9 Å². The summed E-state index contributed by atoms with van der Waals surface area (Å²) in [5.74, 6) is 0.849. The molecule has 0 fully saturated rings. The van der Waals surface area contributed by atoms with Crippen LogP contribution >= 0.6 is 11.8 Å². The summed E-state index contributed by atoms with van der Waals surface area (Å²) in [6, 6.07) is 10.7. The Balaban J connectivity index is 2.11. The van der Waals surface area contributed by atoms with E-state index in [1.54, 1.807) is 18.8 Å². The van der Waals surface area contributed by atoms with E-state index in [9.17, 15) is 0 Å². The highest BCUT2D eigenvalue weighted by Crippen LogP contribution is 2.31. The number of allylic oxidation sites excluding steroid dienone is 2. The van der Waals surface area contributed by atoms with Gasteiger partial charge in [0.1, 0.15) is 5.82 Å². The van der Waals surface area contributed by atoms with Crippen molar-refractivity contribution in [2.24, 2.45) is 4.99 Å². The van der Waals surface area contributed by atoms with Crippen molar-refractivity contribution in [2.45, 2.75) is 44.9 Å². The molecule has 0 aliphatic rings. The van der Waals surface area contributed by atoms with Crippen molar-refractivity contribution < 1.29 is 0 Å². The molecule has 1 N–H and O–H groups in total. The molecule has 3 nitrogen and oxygen atoms in total. The van der Waals surface area contributed by atoms with Crippen molar-refractivity contribution in [3.63, 3.8) is 0 Å². The first kappa shape index (κ1) is 21.0. The van der Waals surface area contributed by atoms with Gasteiger partial charge in [0.15, 0.2) is 0 Å². The fourth-order valence-electron chi connectivity index (χ4n) is 2.72. The lowest BCUT2D eigenvalue weighted by atomic mass is 10.1. The maximum Gasteiger partial charge on any atom is 0.130 e. The average molecular weight is 380 g/mol. The van der Waals surface area contributed by atoms with Gasteiger partial charge in [-0.3, -0.25) is 4.99 Å². The van der Waals surface area contributed by atoms with Crippen LogP contribution in [0, 0.1) is 6.92 Å². The quantitative estimate of drug-likeness (QED) is 0.398. The van der Waals surface area contributed by atoms with Crippen LogP contribution in [-0.4, -0.2) is 18.2 Å². The Morgan fingerprint density at radius 2 is 2.11 bits per heavy atom. The minimum absolute atomic E-state index is 0.849. The number of aromatic nitrogens is 1. The first-order chi connectivity index (χ1) is 13.1. The van der Waals surface area contributed by atoms with Gasteiger partial charge in [-0.2, -0.15) is 0 Å². The third-order valence-electron chi connectivity index (χ3n) is 4.24. The lowest BCUT2D eigenvalue weighted by Gasteiger charge is -2.13. The van der Waals surface area contributed by atoms with Crippen molar-refractivity contribution >= 4 is 29.4 Å². The monoisotopic (exact) mass is 379 g/mol. The van der Waals surface area contributed by atoms with Gasteiger partial charge in [-0.05, 0) is 67.2 Å². The zero-order valence-electron chi connectivity index (χ0n) is 16.7. The van der Waals surface area contributed by atoms with Crippen LogP contribution in [0.4, 0.5) is 5.82 Å². The van der Waals surface area contributed by atoms with Gasteiger partial charge in [0.25, 0.3) is 0 Å². The standard InChI is InChI=1S/C23H29N3S/c1-6-8-9-19-12-13-25-23(14-19)26-18(4)27-22-15-21(11-10-17(22)3)20(7-2)16-24-5/h7,10-16H,4,6,8-9H2,1-3,5H3,(H,25,26)/b20-7+,24-16?. The summed E-state index contributed by atoms with van der Waals surface area (Å²) in [7, 11) is 1.79. The number of hydrogen-bond donors (Lipinski definition) is 1. The summed E-state index contributed by atoms with van der Waals surface area (Å²) in [6.07, 6.45) is 9.29. The third-order valence-corrected chi connectivity index (χ3v) is 5.25. The van der Waals surface area contributed by atoms with Gasteiger partial charge in [0.05, 0.1) is 5.03 Å². The van der Waals surface area contributed by atoms with Crippen molar-refractivity contribution in [1.29, 1.82) is 0 Å². The first-order valence-corrected chi connectivity index (χ1v) is 10.2. The van der Waals surface area contributed by atoms with Gasteiger partial charge in [0, 0.05) is 24.4 Å². The number of thioether (sulfide) groups is 1. The fourth-order valence-corrected chi connectivity index (χ4v) is 3.56. The molecule has 4 heteroatoms. The molecule has 1 heterocycles. The molecule has 0 amide bonds. The van der Waals surface area contributed by atoms with Crippen LogP contribution in [-0.2, 0) is 6.42 Å². The number of pyridine rings is 1. The minimum atomic E-state index is 0.849. The van der Waals surface area contributed by atoms with Gasteiger partial charge in [-0.15, -0.1) is 0 Å². The second-order valence-corrected chi connectivity index (χ2v) is 7.55. The molecule has 1 aromatic carbocycles. The highest BCUT2D eigenvalue weighted by atomic mass is 32.2. The lowest BCUT2D eigenvalue weighted by Crippen LogP contribution is -1.99. The molecule has 0 unspecified atom stereocenters. The van der Waals surface area contributed by atoms with Crippen LogP contribution in [0.25, 0.3) is 5.57 Å². The van der Waals surface area contributed by atoms with E-state index in [2.05, 4.69) is 72.1 Å². The van der Waals surface area contributed by atoms with E-state index in [1.165, 1.54) is 28.9 Å². The van der Waals surface area contributed by atoms with Crippen LogP contribution in [0.15, 0.2) is 64.1 Å². The molecular formula is C23H29N3S. The molecule has 1 aromatic heterocycles. The lowest BCUT2D eigenvalue weighted by molar-refractivity contribution is 0.794. The van der Waals surface area contributed by atoms with E-state index < -0.39 is 0 Å². The largest absolute Gasteiger partial charge is 0.335 e. The SMILES string of the molecule is C=C(Nc1cc(CCCC)ccn1)Sc1cc(/C(C=NC)=C/C)ccc1C. The second kappa shape index (κ2) is 10.7. The summed E-state index contributed by atoms with van der Waals surface area (Å²) < 4.78 is 0. The zero-order valence-corrected chi connectivity index (χ0v) is 17.6. The Labute approximate surface area is 167 Å². The Kier molecular flexibility index (Phi) is 8.34. The molecular weight excluding hydrogens is 350 g/mol. The molecule has 0 aliphatic carbocycles. The molecule has 2 rings (SSSR count). The zero-order chi connectivity index (χ0) is 19.6. The predicted octanol–water partition coefficient (Wildman–Crippen LogP) is 6.51. The number of hydrogen-bond acceptors (Lipinski definition) is 4. The van der Waals surface area contributed by atoms with E-state index in [0.29, 0.717) is 0 Å². The van der Waals surface area contributed by atoms with Crippen LogP contribution in [0.3, 0.4) is 0 Å². The van der Waals surface area contributed by atoms with Crippen molar-refractivity contribution in [2.75, 3.05) is 12.4 Å². The second-order valence-electron chi connectivity index (χ2n) is 6.41. The van der Waals surface area contributed by atoms with E-state index in [4.69, 9.17) is 0 Å². The molecule has 0 radical (unpaired) electrons. The summed E-state index contributed by atoms with van der Waals surface area (Å²) in [5.41, 5.74) is 4.80. The van der Waals surface area contributed by atoms with Crippen LogP contribution in [0.5, 0.6) is 0 Å². The van der Waals surface area contributed by atoms with Gasteiger partial charge < -0.3 is 5.32 Å². The van der Waals surface area contributed by atoms with Crippen LogP contribution in [0.1, 0.15) is 43.4 Å². The maximum atomic E-state index is 4.42. The van der Waals surface area contributed by atoms with Gasteiger partial charge in [-0.1, -0.05) is 49.9 Å². The summed E-state index contributed by atoms with van der Waals surface area (Å²) in [6.45, 7) is 10.5. The number of aliphatic imine (C=N–C) groups is 1. The molecule has 0 aliphatic heterocycles. The molecule has 0 saturated carbocycles. The molecule has 142 valence electrons. The summed E-state index contributed by atoms with van der Waals surface area (Å²) in [5, 5.41) is 4.20. The fraction of sp³-hybridized carbons (Fsp3) is 0.304. The Bertz CT molecular complexity index is 837. The predicted molar refractivity (Wildman–Crippen MR) is 121 cm³/mol. The van der Waals surface area contributed by atoms with Crippen LogP contribution in [0.2, 0.25) is 0 Å². The Morgan fingerprint density at radius 1 is 1.30 bits per heavy atom. The number of aryl methyl sites for hydroxylation is 2. The Morgan fingerprint density at radius 3 is 2.81 bits per heavy atom. The van der Waals surface area contributed by atoms with E-state index in [0.717, 1.165) is 28.4 Å². The minimum Gasteiger partial charge on any atom is -0.335 e. The van der Waals surface area contributed by atoms with Gasteiger partial charge in [0.2, 0.25) is 0 Å². The number of benzene rings is 1. The molecule has 27 heavy (non-hydrogen) atoms. The Hall–Kier alpha value is -2.33. The summed E-state index contributed by atoms with van der Waals surface area (Å²) >= 11 is 1.63. The number of nitrogens with zero attached hydrogens (tertiary/aromatic N) is 2. The number of nitrogens with one attached hydrogen (secondary N) is 1. The van der Waals surface area contributed by atoms with E-state index in [1.807, 2.05) is 19.3 Å². The first-order valence-electron chi connectivity index (χ1n) is 9.35. The van der Waals surface area contributed by atoms with E-state index in [-0.39, 0.29) is 0 Å². The normalized spacial score (nSPS) is 11.8. The molecule has 0 spiro atoms. The molecule has 0 bridgehead atoms. The van der Waals surface area contributed by atoms with Crippen LogP contribution < -0.4 is 5.32 Å². The average Bonchev–Trinajstić information content (AvgIpc) is 2.66.